The lowest BCUT2D eigenvalue weighted by atomic mass is 10.0. The van der Waals surface area contributed by atoms with Crippen molar-refractivity contribution in [2.45, 2.75) is 19.0 Å². The molecule has 0 fully saturated rings. The van der Waals surface area contributed by atoms with Crippen LogP contribution >= 0.6 is 12.2 Å². The predicted octanol–water partition coefficient (Wildman–Crippen LogP) is 2.72. The maximum absolute atomic E-state index is 13.7. The number of nitrogens with two attached hydrogens (primary N) is 1. The smallest absolute Gasteiger partial charge is 0.165 e. The minimum absolute atomic E-state index is 0.0478. The Kier molecular flexibility index (Phi) is 4.93. The maximum atomic E-state index is 13.7. The Balaban J connectivity index is 2.22. The number of thiocarbonyl (C=S) groups is 1. The predicted molar refractivity (Wildman–Crippen MR) is 83.3 cm³/mol. The normalized spacial score (nSPS) is 20.0. The van der Waals surface area contributed by atoms with Gasteiger partial charge in [-0.1, -0.05) is 6.08 Å². The fourth-order valence-electron chi connectivity index (χ4n) is 2.39. The molecule has 0 bridgehead atoms. The third-order valence-corrected chi connectivity index (χ3v) is 3.68. The van der Waals surface area contributed by atoms with Crippen LogP contribution in [0, 0.1) is 23.3 Å². The molecular formula is C15H15F4N3S. The Morgan fingerprint density at radius 2 is 1.83 bits per heavy atom. The Hall–Kier alpha value is -2.09. The second-order valence-electron chi connectivity index (χ2n) is 5.23. The quantitative estimate of drug-likeness (QED) is 0.500. The topological polar surface area (TPSA) is 41.3 Å². The Morgan fingerprint density at radius 3 is 2.39 bits per heavy atom. The van der Waals surface area contributed by atoms with Crippen molar-refractivity contribution in [3.05, 3.63) is 59.3 Å². The summed E-state index contributed by atoms with van der Waals surface area (Å²) in [4.78, 5) is 1.67. The van der Waals surface area contributed by atoms with Gasteiger partial charge in [-0.15, -0.1) is 0 Å². The number of rotatable bonds is 4. The van der Waals surface area contributed by atoms with E-state index >= 15 is 0 Å². The van der Waals surface area contributed by atoms with E-state index in [0.717, 1.165) is 0 Å². The molecule has 0 radical (unpaired) electrons. The zero-order valence-corrected chi connectivity index (χ0v) is 13.1. The summed E-state index contributed by atoms with van der Waals surface area (Å²) in [6.45, 7) is 1.84. The first kappa shape index (κ1) is 17.3. The van der Waals surface area contributed by atoms with Crippen LogP contribution in [0.2, 0.25) is 0 Å². The summed E-state index contributed by atoms with van der Waals surface area (Å²) in [6.07, 6.45) is 6.65. The van der Waals surface area contributed by atoms with Crippen LogP contribution in [0.5, 0.6) is 0 Å². The standard InChI is InChI=1S/C15H15F4N3S/c1-15(21-14(20)23)5-2-3-6-22(15)7-4-9-12(18)10(16)8-11(17)13(9)19/h2-3,5-6,8H,4,7H2,1H3,(H3,20,21,23). The lowest BCUT2D eigenvalue weighted by Crippen LogP contribution is -2.57. The van der Waals surface area contributed by atoms with Crippen LogP contribution in [0.25, 0.3) is 0 Å². The summed E-state index contributed by atoms with van der Waals surface area (Å²) >= 11 is 4.82. The summed E-state index contributed by atoms with van der Waals surface area (Å²) in [5, 5.41) is 2.91. The van der Waals surface area contributed by atoms with Crippen molar-refractivity contribution < 1.29 is 17.6 Å². The van der Waals surface area contributed by atoms with E-state index in [4.69, 9.17) is 18.0 Å². The van der Waals surface area contributed by atoms with E-state index in [9.17, 15) is 17.6 Å². The van der Waals surface area contributed by atoms with Crippen LogP contribution < -0.4 is 11.1 Å². The largest absolute Gasteiger partial charge is 0.376 e. The van der Waals surface area contributed by atoms with Gasteiger partial charge in [0.25, 0.3) is 0 Å². The molecule has 0 spiro atoms. The van der Waals surface area contributed by atoms with Crippen molar-refractivity contribution in [3.8, 4) is 0 Å². The fourth-order valence-corrected chi connectivity index (χ4v) is 2.60. The second kappa shape index (κ2) is 6.57. The zero-order valence-electron chi connectivity index (χ0n) is 12.2. The number of benzene rings is 1. The van der Waals surface area contributed by atoms with Crippen LogP contribution in [-0.2, 0) is 6.42 Å². The number of nitrogens with one attached hydrogen (secondary N) is 1. The third-order valence-electron chi connectivity index (χ3n) is 3.58. The summed E-state index contributed by atoms with van der Waals surface area (Å²) in [7, 11) is 0. The van der Waals surface area contributed by atoms with Gasteiger partial charge in [0.1, 0.15) is 5.66 Å². The molecule has 0 amide bonds. The van der Waals surface area contributed by atoms with Crippen molar-refractivity contribution in [3.63, 3.8) is 0 Å². The SMILES string of the molecule is CC1(NC(N)=S)C=CC=CN1CCc1c(F)c(F)cc(F)c1F. The third kappa shape index (κ3) is 3.64. The molecule has 1 aromatic carbocycles. The molecule has 1 aromatic rings. The lowest BCUT2D eigenvalue weighted by molar-refractivity contribution is 0.196. The van der Waals surface area contributed by atoms with E-state index in [0.29, 0.717) is 0 Å². The van der Waals surface area contributed by atoms with E-state index in [2.05, 4.69) is 5.32 Å². The summed E-state index contributed by atoms with van der Waals surface area (Å²) in [5.74, 6) is -5.61. The zero-order chi connectivity index (χ0) is 17.2. The molecule has 1 aliphatic heterocycles. The Bertz CT molecular complexity index is 664. The first-order valence-corrected chi connectivity index (χ1v) is 7.17. The minimum atomic E-state index is -1.42. The summed E-state index contributed by atoms with van der Waals surface area (Å²) < 4.78 is 53.9. The Morgan fingerprint density at radius 1 is 1.22 bits per heavy atom. The molecule has 1 unspecified atom stereocenters. The molecule has 1 heterocycles. The highest BCUT2D eigenvalue weighted by Crippen LogP contribution is 2.23. The molecular weight excluding hydrogens is 330 g/mol. The van der Waals surface area contributed by atoms with E-state index < -0.39 is 34.5 Å². The van der Waals surface area contributed by atoms with Crippen LogP contribution in [-0.4, -0.2) is 22.2 Å². The maximum Gasteiger partial charge on any atom is 0.165 e. The van der Waals surface area contributed by atoms with Crippen LogP contribution in [0.1, 0.15) is 12.5 Å². The molecule has 1 atom stereocenters. The van der Waals surface area contributed by atoms with Crippen LogP contribution in [0.3, 0.4) is 0 Å². The van der Waals surface area contributed by atoms with Gasteiger partial charge in [0, 0.05) is 24.4 Å². The van der Waals surface area contributed by atoms with E-state index in [1.807, 2.05) is 0 Å². The van der Waals surface area contributed by atoms with Crippen molar-refractivity contribution in [2.75, 3.05) is 6.54 Å². The van der Waals surface area contributed by atoms with Gasteiger partial charge >= 0.3 is 0 Å². The van der Waals surface area contributed by atoms with Gasteiger partial charge in [0.05, 0.1) is 0 Å². The monoisotopic (exact) mass is 345 g/mol. The lowest BCUT2D eigenvalue weighted by Gasteiger charge is -2.41. The number of nitrogens with zero attached hydrogens (tertiary/aromatic N) is 1. The molecule has 0 aromatic heterocycles. The summed E-state index contributed by atoms with van der Waals surface area (Å²) in [6, 6.07) is 0.191. The first-order chi connectivity index (χ1) is 10.7. The van der Waals surface area contributed by atoms with E-state index in [-0.39, 0.29) is 24.1 Å². The molecule has 3 N–H and O–H groups in total. The molecule has 8 heteroatoms. The van der Waals surface area contributed by atoms with Crippen LogP contribution in [0.4, 0.5) is 17.6 Å². The van der Waals surface area contributed by atoms with Crippen molar-refractivity contribution in [1.29, 1.82) is 0 Å². The van der Waals surface area contributed by atoms with Gasteiger partial charge < -0.3 is 16.0 Å². The molecule has 3 nitrogen and oxygen atoms in total. The molecule has 0 saturated carbocycles. The highest BCUT2D eigenvalue weighted by Gasteiger charge is 2.29. The average Bonchev–Trinajstić information content (AvgIpc) is 2.46. The number of halogens is 4. The minimum Gasteiger partial charge on any atom is -0.376 e. The van der Waals surface area contributed by atoms with Gasteiger partial charge in [-0.05, 0) is 37.7 Å². The number of hydrogen-bond acceptors (Lipinski definition) is 2. The van der Waals surface area contributed by atoms with Crippen molar-refractivity contribution in [2.24, 2.45) is 5.73 Å². The molecule has 2 rings (SSSR count). The van der Waals surface area contributed by atoms with Crippen molar-refractivity contribution in [1.82, 2.24) is 10.2 Å². The first-order valence-electron chi connectivity index (χ1n) is 6.77. The number of hydrogen-bond donors (Lipinski definition) is 2. The van der Waals surface area contributed by atoms with Gasteiger partial charge in [0.2, 0.25) is 0 Å². The molecule has 124 valence electrons. The second-order valence-corrected chi connectivity index (χ2v) is 5.67. The van der Waals surface area contributed by atoms with Gasteiger partial charge in [-0.25, -0.2) is 17.6 Å². The Labute approximate surface area is 136 Å². The highest BCUT2D eigenvalue weighted by atomic mass is 32.1. The van der Waals surface area contributed by atoms with E-state index in [1.54, 1.807) is 36.3 Å². The molecule has 23 heavy (non-hydrogen) atoms. The van der Waals surface area contributed by atoms with Gasteiger partial charge in [-0.2, -0.15) is 0 Å². The molecule has 0 aliphatic carbocycles. The van der Waals surface area contributed by atoms with Gasteiger partial charge in [0.15, 0.2) is 28.4 Å². The highest BCUT2D eigenvalue weighted by molar-refractivity contribution is 7.80. The average molecular weight is 345 g/mol. The number of allylic oxidation sites excluding steroid dienone is 2. The fraction of sp³-hybridized carbons (Fsp3) is 0.267. The molecule has 1 aliphatic rings. The summed E-state index contributed by atoms with van der Waals surface area (Å²) in [5.41, 5.74) is 4.04. The van der Waals surface area contributed by atoms with Crippen molar-refractivity contribution >= 4 is 17.3 Å². The molecule has 0 saturated heterocycles. The van der Waals surface area contributed by atoms with Gasteiger partial charge in [-0.3, -0.25) is 0 Å². The van der Waals surface area contributed by atoms with Crippen LogP contribution in [0.15, 0.2) is 30.5 Å². The van der Waals surface area contributed by atoms with E-state index in [1.165, 1.54) is 0 Å².